The summed E-state index contributed by atoms with van der Waals surface area (Å²) in [5.74, 6) is 0.104. The van der Waals surface area contributed by atoms with Crippen molar-refractivity contribution in [1.29, 1.82) is 0 Å². The van der Waals surface area contributed by atoms with E-state index in [4.69, 9.17) is 9.15 Å². The van der Waals surface area contributed by atoms with Gasteiger partial charge in [0.25, 0.3) is 0 Å². The highest BCUT2D eigenvalue weighted by Crippen LogP contribution is 2.27. The van der Waals surface area contributed by atoms with Gasteiger partial charge in [-0.3, -0.25) is 0 Å². The van der Waals surface area contributed by atoms with Crippen LogP contribution in [0.25, 0.3) is 11.1 Å². The van der Waals surface area contributed by atoms with E-state index in [1.54, 1.807) is 18.2 Å². The first-order chi connectivity index (χ1) is 6.31. The van der Waals surface area contributed by atoms with Gasteiger partial charge in [0.2, 0.25) is 0 Å². The molecule has 0 saturated carbocycles. The van der Waals surface area contributed by atoms with E-state index in [1.165, 1.54) is 0 Å². The zero-order valence-corrected chi connectivity index (χ0v) is 7.15. The third-order valence-electron chi connectivity index (χ3n) is 1.65. The normalized spacial score (nSPS) is 10.5. The first-order valence-corrected chi connectivity index (χ1v) is 4.02. The van der Waals surface area contributed by atoms with E-state index in [-0.39, 0.29) is 11.8 Å². The van der Waals surface area contributed by atoms with Crippen molar-refractivity contribution < 1.29 is 14.3 Å². The lowest BCUT2D eigenvalue weighted by atomic mass is 10.3. The number of phenols is 1. The van der Waals surface area contributed by atoms with E-state index >= 15 is 0 Å². The summed E-state index contributed by atoms with van der Waals surface area (Å²) in [6, 6.07) is 4.98. The Balaban J connectivity index is 2.55. The van der Waals surface area contributed by atoms with Crippen molar-refractivity contribution >= 4 is 11.1 Å². The second-order valence-corrected chi connectivity index (χ2v) is 2.54. The van der Waals surface area contributed by atoms with Crippen molar-refractivity contribution in [3.05, 3.63) is 18.2 Å². The minimum absolute atomic E-state index is 0.104. The number of rotatable bonds is 2. The molecule has 0 bridgehead atoms. The van der Waals surface area contributed by atoms with Crippen LogP contribution in [0.2, 0.25) is 0 Å². The lowest BCUT2D eigenvalue weighted by molar-refractivity contribution is 0.251. The number of hydrogen-bond acceptors (Lipinski definition) is 4. The molecule has 1 aromatic carbocycles. The van der Waals surface area contributed by atoms with Crippen LogP contribution < -0.4 is 4.74 Å². The molecule has 0 radical (unpaired) electrons. The van der Waals surface area contributed by atoms with E-state index in [1.807, 2.05) is 6.92 Å². The zero-order chi connectivity index (χ0) is 9.26. The Hall–Kier alpha value is -1.71. The third-order valence-corrected chi connectivity index (χ3v) is 1.65. The van der Waals surface area contributed by atoms with Gasteiger partial charge in [-0.1, -0.05) is 6.07 Å². The molecule has 0 aliphatic rings. The molecule has 0 unspecified atom stereocenters. The van der Waals surface area contributed by atoms with Gasteiger partial charge in [0, 0.05) is 0 Å². The summed E-state index contributed by atoms with van der Waals surface area (Å²) in [7, 11) is 0. The van der Waals surface area contributed by atoms with Crippen molar-refractivity contribution in [2.75, 3.05) is 6.61 Å². The number of ether oxygens (including phenoxy) is 1. The molecule has 2 aromatic rings. The molecule has 13 heavy (non-hydrogen) atoms. The Morgan fingerprint density at radius 1 is 1.54 bits per heavy atom. The molecule has 68 valence electrons. The number of fused-ring (bicyclic) bond motifs is 1. The summed E-state index contributed by atoms with van der Waals surface area (Å²) >= 11 is 0. The van der Waals surface area contributed by atoms with E-state index in [2.05, 4.69) is 4.98 Å². The summed E-state index contributed by atoms with van der Waals surface area (Å²) in [4.78, 5) is 3.96. The molecule has 0 aliphatic carbocycles. The first kappa shape index (κ1) is 7.91. The zero-order valence-electron chi connectivity index (χ0n) is 7.15. The highest BCUT2D eigenvalue weighted by atomic mass is 16.6. The highest BCUT2D eigenvalue weighted by Gasteiger charge is 2.08. The van der Waals surface area contributed by atoms with Crippen LogP contribution in [0.4, 0.5) is 0 Å². The van der Waals surface area contributed by atoms with Crippen molar-refractivity contribution in [3.8, 4) is 11.8 Å². The van der Waals surface area contributed by atoms with Gasteiger partial charge in [-0.2, -0.15) is 4.98 Å². The van der Waals surface area contributed by atoms with Gasteiger partial charge in [-0.25, -0.2) is 0 Å². The minimum Gasteiger partial charge on any atom is -0.506 e. The van der Waals surface area contributed by atoms with Crippen LogP contribution in [0, 0.1) is 0 Å². The molecule has 0 aliphatic heterocycles. The van der Waals surface area contributed by atoms with E-state index < -0.39 is 0 Å². The second-order valence-electron chi connectivity index (χ2n) is 2.54. The van der Waals surface area contributed by atoms with E-state index in [0.29, 0.717) is 17.7 Å². The van der Waals surface area contributed by atoms with Crippen molar-refractivity contribution in [3.63, 3.8) is 0 Å². The van der Waals surface area contributed by atoms with Gasteiger partial charge >= 0.3 is 6.08 Å². The lowest BCUT2D eigenvalue weighted by Gasteiger charge is -1.91. The largest absolute Gasteiger partial charge is 0.506 e. The Labute approximate surface area is 74.8 Å². The molecule has 2 rings (SSSR count). The summed E-state index contributed by atoms with van der Waals surface area (Å²) in [6.07, 6.45) is 0.194. The van der Waals surface area contributed by atoms with E-state index in [9.17, 15) is 5.11 Å². The van der Waals surface area contributed by atoms with Gasteiger partial charge in [0.1, 0.15) is 5.75 Å². The quantitative estimate of drug-likeness (QED) is 0.765. The molecule has 0 amide bonds. The number of para-hydroxylation sites is 1. The van der Waals surface area contributed by atoms with Crippen LogP contribution in [-0.2, 0) is 0 Å². The monoisotopic (exact) mass is 179 g/mol. The summed E-state index contributed by atoms with van der Waals surface area (Å²) in [5, 5.41) is 9.37. The van der Waals surface area contributed by atoms with Gasteiger partial charge in [-0.15, -0.1) is 0 Å². The SMILES string of the molecule is CCOc1nc2c(O)cccc2o1. The van der Waals surface area contributed by atoms with Gasteiger partial charge < -0.3 is 14.3 Å². The molecule has 0 fully saturated rings. The maximum absolute atomic E-state index is 9.37. The summed E-state index contributed by atoms with van der Waals surface area (Å²) in [6.45, 7) is 2.34. The van der Waals surface area contributed by atoms with Gasteiger partial charge in [-0.05, 0) is 19.1 Å². The topological polar surface area (TPSA) is 55.5 Å². The van der Waals surface area contributed by atoms with Crippen LogP contribution in [0.15, 0.2) is 22.6 Å². The fourth-order valence-electron chi connectivity index (χ4n) is 1.10. The minimum atomic E-state index is 0.104. The smallest absolute Gasteiger partial charge is 0.394 e. The molecule has 4 heteroatoms. The molecule has 1 N–H and O–H groups in total. The fourth-order valence-corrected chi connectivity index (χ4v) is 1.10. The van der Waals surface area contributed by atoms with Crippen molar-refractivity contribution in [1.82, 2.24) is 4.98 Å². The summed E-state index contributed by atoms with van der Waals surface area (Å²) < 4.78 is 10.3. The van der Waals surface area contributed by atoms with Crippen molar-refractivity contribution in [2.24, 2.45) is 0 Å². The van der Waals surface area contributed by atoms with Crippen LogP contribution in [0.3, 0.4) is 0 Å². The second kappa shape index (κ2) is 2.97. The Morgan fingerprint density at radius 2 is 2.38 bits per heavy atom. The number of nitrogens with zero attached hydrogens (tertiary/aromatic N) is 1. The molecule has 0 atom stereocenters. The van der Waals surface area contributed by atoms with Crippen LogP contribution in [-0.4, -0.2) is 16.7 Å². The van der Waals surface area contributed by atoms with Gasteiger partial charge in [0.05, 0.1) is 6.61 Å². The number of aromatic hydroxyl groups is 1. The van der Waals surface area contributed by atoms with Crippen LogP contribution >= 0.6 is 0 Å². The number of aromatic nitrogens is 1. The molecular formula is C9H9NO3. The molecule has 1 aromatic heterocycles. The number of hydrogen-bond donors (Lipinski definition) is 1. The molecule has 0 spiro atoms. The fraction of sp³-hybridized carbons (Fsp3) is 0.222. The number of benzene rings is 1. The van der Waals surface area contributed by atoms with Crippen LogP contribution in [0.5, 0.6) is 11.8 Å². The van der Waals surface area contributed by atoms with Crippen LogP contribution in [0.1, 0.15) is 6.92 Å². The maximum atomic E-state index is 9.37. The molecular weight excluding hydrogens is 170 g/mol. The first-order valence-electron chi connectivity index (χ1n) is 4.02. The number of phenolic OH excluding ortho intramolecular Hbond substituents is 1. The third kappa shape index (κ3) is 1.30. The predicted molar refractivity (Wildman–Crippen MR) is 46.8 cm³/mol. The van der Waals surface area contributed by atoms with Gasteiger partial charge in [0.15, 0.2) is 11.1 Å². The van der Waals surface area contributed by atoms with E-state index in [0.717, 1.165) is 0 Å². The predicted octanol–water partition coefficient (Wildman–Crippen LogP) is 1.93. The molecule has 4 nitrogen and oxygen atoms in total. The average molecular weight is 179 g/mol. The molecule has 0 saturated heterocycles. The lowest BCUT2D eigenvalue weighted by Crippen LogP contribution is -1.90. The van der Waals surface area contributed by atoms with Crippen molar-refractivity contribution in [2.45, 2.75) is 6.92 Å². The Bertz CT molecular complexity index is 422. The highest BCUT2D eigenvalue weighted by molar-refractivity contribution is 5.79. The maximum Gasteiger partial charge on any atom is 0.394 e. The number of oxazole rings is 1. The Kier molecular flexibility index (Phi) is 1.81. The Morgan fingerprint density at radius 3 is 3.08 bits per heavy atom. The molecule has 1 heterocycles. The standard InChI is InChI=1S/C9H9NO3/c1-2-12-9-10-8-6(11)4-3-5-7(8)13-9/h3-5,11H,2H2,1H3. The summed E-state index contributed by atoms with van der Waals surface area (Å²) in [5.41, 5.74) is 0.967. The average Bonchev–Trinajstić information content (AvgIpc) is 2.49.